The van der Waals surface area contributed by atoms with Gasteiger partial charge in [0.15, 0.2) is 11.7 Å². The average Bonchev–Trinajstić information content (AvgIpc) is 3.14. The van der Waals surface area contributed by atoms with Crippen LogP contribution in [0.25, 0.3) is 16.8 Å². The molecule has 1 aromatic heterocycles. The average molecular weight is 414 g/mol. The van der Waals surface area contributed by atoms with E-state index in [1.165, 1.54) is 22.5 Å². The molecule has 3 N–H and O–H groups in total. The van der Waals surface area contributed by atoms with Crippen LogP contribution in [0.5, 0.6) is 0 Å². The van der Waals surface area contributed by atoms with Crippen molar-refractivity contribution in [3.05, 3.63) is 41.3 Å². The first-order chi connectivity index (χ1) is 14.1. The molecule has 1 fully saturated rings. The maximum absolute atomic E-state index is 11.7. The van der Waals surface area contributed by atoms with Crippen molar-refractivity contribution >= 4 is 34.0 Å². The van der Waals surface area contributed by atoms with E-state index >= 15 is 0 Å². The van der Waals surface area contributed by atoms with E-state index in [2.05, 4.69) is 38.1 Å². The fraction of sp³-hybridized carbons (Fsp3) is 0.350. The van der Waals surface area contributed by atoms with Crippen LogP contribution in [0.15, 0.2) is 35.7 Å². The van der Waals surface area contributed by atoms with Crippen LogP contribution in [0.2, 0.25) is 0 Å². The number of nitrogens with two attached hydrogens (primary N) is 1. The van der Waals surface area contributed by atoms with Crippen molar-refractivity contribution in [1.29, 1.82) is 0 Å². The van der Waals surface area contributed by atoms with Gasteiger partial charge >= 0.3 is 6.09 Å². The summed E-state index contributed by atoms with van der Waals surface area (Å²) in [7, 11) is 0. The highest BCUT2D eigenvalue weighted by molar-refractivity contribution is 7.14. The molecule has 9 heteroatoms. The second-order valence-electron chi connectivity index (χ2n) is 6.94. The van der Waals surface area contributed by atoms with Gasteiger partial charge in [-0.15, -0.1) is 11.3 Å². The zero-order valence-corrected chi connectivity index (χ0v) is 16.6. The lowest BCUT2D eigenvalue weighted by Gasteiger charge is -2.38. The Hall–Kier alpha value is -2.75. The van der Waals surface area contributed by atoms with Gasteiger partial charge in [0, 0.05) is 24.0 Å². The predicted octanol–water partition coefficient (Wildman–Crippen LogP) is 2.33. The van der Waals surface area contributed by atoms with Gasteiger partial charge in [-0.1, -0.05) is 24.3 Å². The third-order valence-electron chi connectivity index (χ3n) is 5.00. The zero-order chi connectivity index (χ0) is 20.2. The molecule has 8 nitrogen and oxygen atoms in total. The molecular formula is C20H22N4O4S. The van der Waals surface area contributed by atoms with Crippen molar-refractivity contribution < 1.29 is 19.1 Å². The number of ether oxygens (including phenoxy) is 2. The molecule has 0 radical (unpaired) electrons. The van der Waals surface area contributed by atoms with Crippen LogP contribution < -0.4 is 11.1 Å². The number of nitrogens with zero attached hydrogens (tertiary/aromatic N) is 2. The summed E-state index contributed by atoms with van der Waals surface area (Å²) >= 11 is 1.31. The molecule has 0 saturated carbocycles. The molecule has 3 heterocycles. The Balaban J connectivity index is 1.41. The Bertz CT molecular complexity index is 938. The first-order valence-corrected chi connectivity index (χ1v) is 10.3. The molecule has 2 aromatic rings. The first kappa shape index (κ1) is 19.6. The van der Waals surface area contributed by atoms with E-state index in [0.29, 0.717) is 11.2 Å². The van der Waals surface area contributed by atoms with Crippen LogP contribution in [-0.4, -0.2) is 60.8 Å². The number of primary amides is 1. The summed E-state index contributed by atoms with van der Waals surface area (Å²) in [5.41, 5.74) is 9.17. The molecule has 0 spiro atoms. The van der Waals surface area contributed by atoms with Gasteiger partial charge in [-0.25, -0.2) is 9.78 Å². The molecular weight excluding hydrogens is 392 g/mol. The molecule has 0 unspecified atom stereocenters. The van der Waals surface area contributed by atoms with Gasteiger partial charge < -0.3 is 15.2 Å². The molecule has 0 bridgehead atoms. The number of nitrogens with one attached hydrogen (secondary N) is 1. The summed E-state index contributed by atoms with van der Waals surface area (Å²) in [6.45, 7) is 3.25. The second-order valence-corrected chi connectivity index (χ2v) is 7.80. The van der Waals surface area contributed by atoms with E-state index in [1.807, 2.05) is 17.5 Å². The van der Waals surface area contributed by atoms with Crippen molar-refractivity contribution in [1.82, 2.24) is 9.88 Å². The predicted molar refractivity (Wildman–Crippen MR) is 110 cm³/mol. The molecule has 4 rings (SSSR count). The molecule has 1 aromatic carbocycles. The van der Waals surface area contributed by atoms with Crippen LogP contribution in [-0.2, 0) is 14.3 Å². The van der Waals surface area contributed by atoms with E-state index < -0.39 is 18.6 Å². The summed E-state index contributed by atoms with van der Waals surface area (Å²) in [4.78, 5) is 29.2. The quantitative estimate of drug-likeness (QED) is 0.751. The summed E-state index contributed by atoms with van der Waals surface area (Å²) in [5, 5.41) is 4.93. The minimum Gasteiger partial charge on any atom is -0.440 e. The highest BCUT2D eigenvalue weighted by Crippen LogP contribution is 2.30. The fourth-order valence-corrected chi connectivity index (χ4v) is 4.08. The zero-order valence-electron chi connectivity index (χ0n) is 15.8. The lowest BCUT2D eigenvalue weighted by molar-refractivity contribution is -0.118. The van der Waals surface area contributed by atoms with Crippen molar-refractivity contribution in [3.63, 3.8) is 0 Å². The maximum atomic E-state index is 11.7. The number of rotatable bonds is 6. The number of carbonyl (C=O) groups excluding carboxylic acids is 2. The highest BCUT2D eigenvalue weighted by Gasteiger charge is 2.27. The lowest BCUT2D eigenvalue weighted by atomic mass is 9.96. The van der Waals surface area contributed by atoms with Gasteiger partial charge in [0.1, 0.15) is 0 Å². The number of aromatic nitrogens is 1. The molecule has 0 atom stereocenters. The van der Waals surface area contributed by atoms with Gasteiger partial charge in [-0.3, -0.25) is 15.0 Å². The SMILES string of the molecule is NC(=O)OCC(=O)Nc1nc(-c2cccc(C3=CCN(C4COC4)CC3)c2)cs1. The normalized spacial score (nSPS) is 17.3. The molecule has 1 saturated heterocycles. The Kier molecular flexibility index (Phi) is 5.89. The lowest BCUT2D eigenvalue weighted by Crippen LogP contribution is -2.50. The highest BCUT2D eigenvalue weighted by atomic mass is 32.1. The number of thiazole rings is 1. The maximum Gasteiger partial charge on any atom is 0.405 e. The van der Waals surface area contributed by atoms with Crippen molar-refractivity contribution in [2.75, 3.05) is 38.2 Å². The second kappa shape index (κ2) is 8.73. The van der Waals surface area contributed by atoms with Gasteiger partial charge in [0.05, 0.1) is 24.9 Å². The monoisotopic (exact) mass is 414 g/mol. The minimum absolute atomic E-state index is 0.433. The number of benzene rings is 1. The number of hydrogen-bond acceptors (Lipinski definition) is 7. The summed E-state index contributed by atoms with van der Waals surface area (Å²) < 4.78 is 9.76. The van der Waals surface area contributed by atoms with Crippen molar-refractivity contribution in [3.8, 4) is 11.3 Å². The van der Waals surface area contributed by atoms with Crippen LogP contribution in [0.3, 0.4) is 0 Å². The molecule has 29 heavy (non-hydrogen) atoms. The van der Waals surface area contributed by atoms with E-state index in [0.717, 1.165) is 44.0 Å². The molecule has 2 amide bonds. The van der Waals surface area contributed by atoms with Gasteiger partial charge in [0.2, 0.25) is 0 Å². The van der Waals surface area contributed by atoms with Crippen molar-refractivity contribution in [2.45, 2.75) is 12.5 Å². The van der Waals surface area contributed by atoms with Gasteiger partial charge in [0.25, 0.3) is 5.91 Å². The molecule has 0 aliphatic carbocycles. The summed E-state index contributed by atoms with van der Waals surface area (Å²) in [6.07, 6.45) is 2.32. The fourth-order valence-electron chi connectivity index (χ4n) is 3.35. The standard InChI is InChI=1S/C20H22N4O4S/c21-19(26)28-11-18(25)23-20-22-17(12-29-20)15-3-1-2-14(8-15)13-4-6-24(7-5-13)16-9-27-10-16/h1-4,8,12,16H,5-7,9-11H2,(H2,21,26)(H,22,23,25). The first-order valence-electron chi connectivity index (χ1n) is 9.38. The third kappa shape index (κ3) is 4.81. The third-order valence-corrected chi connectivity index (χ3v) is 5.76. The topological polar surface area (TPSA) is 107 Å². The molecule has 2 aliphatic heterocycles. The van der Waals surface area contributed by atoms with Crippen molar-refractivity contribution in [2.24, 2.45) is 5.73 Å². The van der Waals surface area contributed by atoms with E-state index in [1.54, 1.807) is 0 Å². The van der Waals surface area contributed by atoms with Crippen LogP contribution >= 0.6 is 11.3 Å². The number of amides is 2. The van der Waals surface area contributed by atoms with Crippen LogP contribution in [0, 0.1) is 0 Å². The Labute approximate surface area is 172 Å². The Morgan fingerprint density at radius 1 is 1.34 bits per heavy atom. The smallest absolute Gasteiger partial charge is 0.405 e. The Morgan fingerprint density at radius 3 is 2.86 bits per heavy atom. The summed E-state index contributed by atoms with van der Waals surface area (Å²) in [6, 6.07) is 8.84. The Morgan fingerprint density at radius 2 is 2.17 bits per heavy atom. The molecule has 152 valence electrons. The largest absolute Gasteiger partial charge is 0.440 e. The minimum atomic E-state index is -0.988. The van der Waals surface area contributed by atoms with E-state index in [9.17, 15) is 9.59 Å². The number of hydrogen-bond donors (Lipinski definition) is 2. The van der Waals surface area contributed by atoms with Gasteiger partial charge in [-0.2, -0.15) is 0 Å². The number of anilines is 1. The molecule has 2 aliphatic rings. The number of carbonyl (C=O) groups is 2. The summed E-state index contributed by atoms with van der Waals surface area (Å²) in [5.74, 6) is -0.479. The van der Waals surface area contributed by atoms with Gasteiger partial charge in [-0.05, 0) is 23.6 Å². The van der Waals surface area contributed by atoms with E-state index in [-0.39, 0.29) is 0 Å². The van der Waals surface area contributed by atoms with Crippen LogP contribution in [0.1, 0.15) is 12.0 Å². The van der Waals surface area contributed by atoms with E-state index in [4.69, 9.17) is 10.5 Å². The van der Waals surface area contributed by atoms with Crippen LogP contribution in [0.4, 0.5) is 9.93 Å².